The summed E-state index contributed by atoms with van der Waals surface area (Å²) in [6, 6.07) is 8.03. The number of hydrogen-bond donors (Lipinski definition) is 2. The van der Waals surface area contributed by atoms with Gasteiger partial charge in [0.05, 0.1) is 12.0 Å². The van der Waals surface area contributed by atoms with E-state index < -0.39 is 0 Å². The van der Waals surface area contributed by atoms with Gasteiger partial charge in [0.1, 0.15) is 0 Å². The summed E-state index contributed by atoms with van der Waals surface area (Å²) in [5.74, 6) is 1.56. The lowest BCUT2D eigenvalue weighted by molar-refractivity contribution is -0.126. The second kappa shape index (κ2) is 6.37. The molecule has 4 unspecified atom stereocenters. The Kier molecular flexibility index (Phi) is 4.51. The van der Waals surface area contributed by atoms with Crippen molar-refractivity contribution in [3.8, 4) is 0 Å². The van der Waals surface area contributed by atoms with Crippen LogP contribution in [0.1, 0.15) is 37.8 Å². The lowest BCUT2D eigenvalue weighted by Gasteiger charge is -2.26. The molecule has 0 radical (unpaired) electrons. The summed E-state index contributed by atoms with van der Waals surface area (Å²) in [7, 11) is 0. The van der Waals surface area contributed by atoms with Crippen LogP contribution in [0.25, 0.3) is 0 Å². The molecule has 1 amide bonds. The topological polar surface area (TPSA) is 41.1 Å². The number of nitrogens with one attached hydrogen (secondary N) is 2. The maximum atomic E-state index is 12.5. The minimum Gasteiger partial charge on any atom is -0.349 e. The smallest absolute Gasteiger partial charge is 0.224 e. The predicted octanol–water partition coefficient (Wildman–Crippen LogP) is 3.15. The number of amides is 1. The van der Waals surface area contributed by atoms with Crippen molar-refractivity contribution in [1.82, 2.24) is 10.6 Å². The van der Waals surface area contributed by atoms with Gasteiger partial charge in [-0.2, -0.15) is 0 Å². The normalized spacial score (nSPS) is 29.7. The second-order valence-electron chi connectivity index (χ2n) is 6.46. The summed E-state index contributed by atoms with van der Waals surface area (Å²) in [6.45, 7) is 4.09. The molecule has 2 fully saturated rings. The first-order valence-corrected chi connectivity index (χ1v) is 8.29. The summed E-state index contributed by atoms with van der Waals surface area (Å²) in [4.78, 5) is 12.5. The molecule has 114 valence electrons. The fourth-order valence-electron chi connectivity index (χ4n) is 3.27. The van der Waals surface area contributed by atoms with Crippen LogP contribution in [0.4, 0.5) is 0 Å². The molecular weight excluding hydrogens is 284 g/mol. The second-order valence-corrected chi connectivity index (χ2v) is 6.89. The molecule has 0 bridgehead atoms. The molecule has 21 heavy (non-hydrogen) atoms. The Morgan fingerprint density at radius 1 is 1.38 bits per heavy atom. The molecule has 1 aliphatic carbocycles. The highest BCUT2D eigenvalue weighted by molar-refractivity contribution is 6.30. The van der Waals surface area contributed by atoms with Gasteiger partial charge in [0.2, 0.25) is 5.91 Å². The van der Waals surface area contributed by atoms with Gasteiger partial charge in [0.25, 0.3) is 0 Å². The minimum absolute atomic E-state index is 0.114. The molecule has 1 aromatic carbocycles. The molecule has 1 aliphatic heterocycles. The maximum Gasteiger partial charge on any atom is 0.224 e. The zero-order valence-electron chi connectivity index (χ0n) is 12.4. The average molecular weight is 307 g/mol. The number of rotatable bonds is 4. The molecular formula is C17H23ClN2O. The van der Waals surface area contributed by atoms with Gasteiger partial charge < -0.3 is 10.6 Å². The largest absolute Gasteiger partial charge is 0.349 e. The van der Waals surface area contributed by atoms with E-state index in [0.29, 0.717) is 11.8 Å². The van der Waals surface area contributed by atoms with E-state index in [9.17, 15) is 4.79 Å². The van der Waals surface area contributed by atoms with Gasteiger partial charge in [0, 0.05) is 11.6 Å². The van der Waals surface area contributed by atoms with Crippen molar-refractivity contribution in [1.29, 1.82) is 0 Å². The van der Waals surface area contributed by atoms with Gasteiger partial charge in [-0.05, 0) is 55.3 Å². The van der Waals surface area contributed by atoms with Crippen LogP contribution in [0.2, 0.25) is 5.02 Å². The van der Waals surface area contributed by atoms with Gasteiger partial charge in [-0.3, -0.25) is 4.79 Å². The first kappa shape index (κ1) is 14.9. The molecule has 4 heteroatoms. The molecule has 1 aromatic rings. The van der Waals surface area contributed by atoms with E-state index in [2.05, 4.69) is 17.6 Å². The third-order valence-corrected chi connectivity index (χ3v) is 5.05. The fraction of sp³-hybridized carbons (Fsp3) is 0.588. The van der Waals surface area contributed by atoms with Gasteiger partial charge in [-0.25, -0.2) is 0 Å². The van der Waals surface area contributed by atoms with Crippen LogP contribution < -0.4 is 10.6 Å². The quantitative estimate of drug-likeness (QED) is 0.897. The van der Waals surface area contributed by atoms with Gasteiger partial charge in [-0.15, -0.1) is 0 Å². The summed E-state index contributed by atoms with van der Waals surface area (Å²) >= 11 is 5.97. The first-order chi connectivity index (χ1) is 10.1. The van der Waals surface area contributed by atoms with E-state index in [-0.39, 0.29) is 17.9 Å². The Hall–Kier alpha value is -1.06. The highest BCUT2D eigenvalue weighted by atomic mass is 35.5. The highest BCUT2D eigenvalue weighted by Gasteiger charge is 2.41. The molecule has 1 heterocycles. The van der Waals surface area contributed by atoms with E-state index >= 15 is 0 Å². The Balaban J connectivity index is 1.70. The molecule has 3 rings (SSSR count). The van der Waals surface area contributed by atoms with E-state index in [1.54, 1.807) is 0 Å². The van der Waals surface area contributed by atoms with E-state index in [4.69, 9.17) is 11.6 Å². The number of hydrogen-bond acceptors (Lipinski definition) is 2. The molecule has 1 saturated carbocycles. The lowest BCUT2D eigenvalue weighted by Crippen LogP contribution is -2.42. The summed E-state index contributed by atoms with van der Waals surface area (Å²) in [5, 5.41) is 7.34. The molecule has 4 atom stereocenters. The van der Waals surface area contributed by atoms with Crippen LogP contribution >= 0.6 is 11.6 Å². The van der Waals surface area contributed by atoms with E-state index in [0.717, 1.165) is 31.0 Å². The molecule has 0 aromatic heterocycles. The summed E-state index contributed by atoms with van der Waals surface area (Å²) in [6.07, 6.45) is 3.27. The van der Waals surface area contributed by atoms with Crippen molar-refractivity contribution < 1.29 is 4.79 Å². The molecule has 1 saturated heterocycles. The summed E-state index contributed by atoms with van der Waals surface area (Å²) < 4.78 is 0. The highest BCUT2D eigenvalue weighted by Crippen LogP contribution is 2.47. The van der Waals surface area contributed by atoms with Crippen molar-refractivity contribution in [2.75, 3.05) is 13.1 Å². The molecule has 2 N–H and O–H groups in total. The van der Waals surface area contributed by atoms with Crippen LogP contribution in [0.3, 0.4) is 0 Å². The van der Waals surface area contributed by atoms with Crippen LogP contribution in [-0.4, -0.2) is 19.0 Å². The zero-order valence-corrected chi connectivity index (χ0v) is 13.2. The van der Waals surface area contributed by atoms with Crippen LogP contribution in [-0.2, 0) is 4.79 Å². The number of piperidine rings is 1. The van der Waals surface area contributed by atoms with Gasteiger partial charge >= 0.3 is 0 Å². The third-order valence-electron chi connectivity index (χ3n) is 4.79. The van der Waals surface area contributed by atoms with Crippen LogP contribution in [0, 0.1) is 17.8 Å². The molecule has 2 aliphatic rings. The van der Waals surface area contributed by atoms with Crippen molar-refractivity contribution in [2.24, 2.45) is 17.8 Å². The van der Waals surface area contributed by atoms with Gasteiger partial charge in [-0.1, -0.05) is 30.7 Å². The van der Waals surface area contributed by atoms with Crippen molar-refractivity contribution >= 4 is 17.5 Å². The van der Waals surface area contributed by atoms with Gasteiger partial charge in [0.15, 0.2) is 0 Å². The number of benzene rings is 1. The minimum atomic E-state index is 0.114. The van der Waals surface area contributed by atoms with Crippen molar-refractivity contribution in [3.63, 3.8) is 0 Å². The van der Waals surface area contributed by atoms with Crippen LogP contribution in [0.15, 0.2) is 24.3 Å². The molecule has 3 nitrogen and oxygen atoms in total. The Morgan fingerprint density at radius 3 is 2.67 bits per heavy atom. The van der Waals surface area contributed by atoms with Crippen molar-refractivity contribution in [2.45, 2.75) is 32.2 Å². The number of halogens is 1. The predicted molar refractivity (Wildman–Crippen MR) is 85.2 cm³/mol. The SMILES string of the molecule is CC1CC1C(NC(=O)C1CCCNC1)c1ccc(Cl)cc1. The van der Waals surface area contributed by atoms with E-state index in [1.165, 1.54) is 12.0 Å². The fourth-order valence-corrected chi connectivity index (χ4v) is 3.40. The standard InChI is InChI=1S/C17H23ClN2O/c1-11-9-15(11)16(12-4-6-14(18)7-5-12)20-17(21)13-3-2-8-19-10-13/h4-7,11,13,15-16,19H,2-3,8-10H2,1H3,(H,20,21). The maximum absolute atomic E-state index is 12.5. The first-order valence-electron chi connectivity index (χ1n) is 7.91. The number of carbonyl (C=O) groups excluding carboxylic acids is 1. The number of carbonyl (C=O) groups is 1. The zero-order chi connectivity index (χ0) is 14.8. The van der Waals surface area contributed by atoms with Crippen molar-refractivity contribution in [3.05, 3.63) is 34.9 Å². The Bertz CT molecular complexity index is 496. The lowest BCUT2D eigenvalue weighted by atomic mass is 9.96. The third kappa shape index (κ3) is 3.58. The Labute approximate surface area is 131 Å². The Morgan fingerprint density at radius 2 is 2.10 bits per heavy atom. The molecule has 0 spiro atoms. The van der Waals surface area contributed by atoms with Crippen LogP contribution in [0.5, 0.6) is 0 Å². The average Bonchev–Trinajstić information content (AvgIpc) is 3.23. The van der Waals surface area contributed by atoms with E-state index in [1.807, 2.05) is 24.3 Å². The summed E-state index contributed by atoms with van der Waals surface area (Å²) in [5.41, 5.74) is 1.17. The monoisotopic (exact) mass is 306 g/mol.